The summed E-state index contributed by atoms with van der Waals surface area (Å²) in [4.78, 5) is 2.35. The Morgan fingerprint density at radius 3 is 2.78 bits per heavy atom. The number of hydrogen-bond acceptors (Lipinski definition) is 2. The molecule has 2 nitrogen and oxygen atoms in total. The summed E-state index contributed by atoms with van der Waals surface area (Å²) in [6, 6.07) is 5.40. The Morgan fingerprint density at radius 2 is 2.17 bits per heavy atom. The van der Waals surface area contributed by atoms with E-state index in [1.165, 1.54) is 6.07 Å². The second kappa shape index (κ2) is 5.55. The van der Waals surface area contributed by atoms with Gasteiger partial charge in [0.15, 0.2) is 0 Å². The predicted octanol–water partition coefficient (Wildman–Crippen LogP) is 3.21. The van der Waals surface area contributed by atoms with Gasteiger partial charge in [-0.25, -0.2) is 4.39 Å². The van der Waals surface area contributed by atoms with E-state index < -0.39 is 0 Å². The Morgan fingerprint density at radius 1 is 1.44 bits per heavy atom. The molecular weight excluding hydrogens is 251 g/mol. The summed E-state index contributed by atoms with van der Waals surface area (Å²) < 4.78 is 13.2. The van der Waals surface area contributed by atoms with E-state index in [0.717, 1.165) is 25.1 Å². The van der Waals surface area contributed by atoms with Crippen LogP contribution in [0.5, 0.6) is 0 Å². The maximum Gasteiger partial charge on any atom is 0.141 e. The van der Waals surface area contributed by atoms with Crippen LogP contribution >= 0.6 is 11.6 Å². The summed E-state index contributed by atoms with van der Waals surface area (Å²) in [5, 5.41) is 0.189. The standard InChI is InChI=1S/C14H20ClFN2/c1-9-5-12(17)8-18(7-9)10(2)11-3-4-14(16)13(15)6-11/h3-4,6,9-10,12H,5,7-8,17H2,1-2H3. The first-order chi connectivity index (χ1) is 8.47. The van der Waals surface area contributed by atoms with Gasteiger partial charge in [-0.15, -0.1) is 0 Å². The lowest BCUT2D eigenvalue weighted by Crippen LogP contribution is -2.47. The minimum absolute atomic E-state index is 0.189. The SMILES string of the molecule is CC1CC(N)CN(C(C)c2ccc(F)c(Cl)c2)C1. The van der Waals surface area contributed by atoms with E-state index in [0.29, 0.717) is 5.92 Å². The molecule has 18 heavy (non-hydrogen) atoms. The Hall–Kier alpha value is -0.640. The maximum absolute atomic E-state index is 13.2. The fourth-order valence-electron chi connectivity index (χ4n) is 2.74. The molecule has 1 aliphatic rings. The minimum atomic E-state index is -0.365. The van der Waals surface area contributed by atoms with Gasteiger partial charge in [0.05, 0.1) is 5.02 Å². The zero-order chi connectivity index (χ0) is 13.3. The second-order valence-corrected chi connectivity index (χ2v) is 5.81. The molecule has 1 aliphatic heterocycles. The molecule has 0 saturated carbocycles. The van der Waals surface area contributed by atoms with Gasteiger partial charge in [-0.05, 0) is 37.0 Å². The van der Waals surface area contributed by atoms with E-state index in [9.17, 15) is 4.39 Å². The highest BCUT2D eigenvalue weighted by atomic mass is 35.5. The minimum Gasteiger partial charge on any atom is -0.327 e. The summed E-state index contributed by atoms with van der Waals surface area (Å²) in [6.45, 7) is 6.26. The molecule has 2 rings (SSSR count). The van der Waals surface area contributed by atoms with Crippen molar-refractivity contribution in [3.63, 3.8) is 0 Å². The van der Waals surface area contributed by atoms with E-state index in [4.69, 9.17) is 17.3 Å². The first-order valence-electron chi connectivity index (χ1n) is 6.42. The smallest absolute Gasteiger partial charge is 0.141 e. The lowest BCUT2D eigenvalue weighted by atomic mass is 9.94. The fraction of sp³-hybridized carbons (Fsp3) is 0.571. The zero-order valence-corrected chi connectivity index (χ0v) is 11.6. The van der Waals surface area contributed by atoms with Crippen molar-refractivity contribution in [1.82, 2.24) is 4.90 Å². The molecular formula is C14H20ClFN2. The van der Waals surface area contributed by atoms with Crippen LogP contribution in [-0.2, 0) is 0 Å². The second-order valence-electron chi connectivity index (χ2n) is 5.40. The van der Waals surface area contributed by atoms with Gasteiger partial charge in [-0.2, -0.15) is 0 Å². The average Bonchev–Trinajstić information content (AvgIpc) is 2.30. The van der Waals surface area contributed by atoms with Gasteiger partial charge in [0, 0.05) is 25.2 Å². The van der Waals surface area contributed by atoms with Crippen molar-refractivity contribution in [3.05, 3.63) is 34.6 Å². The van der Waals surface area contributed by atoms with Crippen LogP contribution in [0.25, 0.3) is 0 Å². The van der Waals surface area contributed by atoms with Crippen LogP contribution in [0.1, 0.15) is 31.9 Å². The zero-order valence-electron chi connectivity index (χ0n) is 10.9. The van der Waals surface area contributed by atoms with Crippen LogP contribution in [0, 0.1) is 11.7 Å². The third-order valence-electron chi connectivity index (χ3n) is 3.69. The van der Waals surface area contributed by atoms with Crippen LogP contribution in [0.15, 0.2) is 18.2 Å². The van der Waals surface area contributed by atoms with Crippen molar-refractivity contribution in [2.24, 2.45) is 11.7 Å². The number of benzene rings is 1. The molecule has 0 radical (unpaired) electrons. The molecule has 100 valence electrons. The third kappa shape index (κ3) is 3.02. The number of piperidine rings is 1. The normalized spacial score (nSPS) is 27.2. The monoisotopic (exact) mass is 270 g/mol. The van der Waals surface area contributed by atoms with Gasteiger partial charge in [-0.3, -0.25) is 4.90 Å². The lowest BCUT2D eigenvalue weighted by Gasteiger charge is -2.38. The van der Waals surface area contributed by atoms with Gasteiger partial charge in [0.1, 0.15) is 5.82 Å². The van der Waals surface area contributed by atoms with Crippen molar-refractivity contribution in [1.29, 1.82) is 0 Å². The first-order valence-corrected chi connectivity index (χ1v) is 6.79. The van der Waals surface area contributed by atoms with Gasteiger partial charge < -0.3 is 5.73 Å². The van der Waals surface area contributed by atoms with Crippen LogP contribution in [0.3, 0.4) is 0 Å². The summed E-state index contributed by atoms with van der Waals surface area (Å²) in [7, 11) is 0. The summed E-state index contributed by atoms with van der Waals surface area (Å²) in [6.07, 6.45) is 1.08. The van der Waals surface area contributed by atoms with Gasteiger partial charge in [0.2, 0.25) is 0 Å². The predicted molar refractivity (Wildman–Crippen MR) is 73.2 cm³/mol. The fourth-order valence-corrected chi connectivity index (χ4v) is 2.93. The summed E-state index contributed by atoms with van der Waals surface area (Å²) in [5.74, 6) is 0.239. The highest BCUT2D eigenvalue weighted by Gasteiger charge is 2.26. The lowest BCUT2D eigenvalue weighted by molar-refractivity contribution is 0.124. The number of likely N-dealkylation sites (tertiary alicyclic amines) is 1. The Balaban J connectivity index is 2.14. The molecule has 3 atom stereocenters. The number of rotatable bonds is 2. The number of hydrogen-bond donors (Lipinski definition) is 1. The Labute approximate surface area is 113 Å². The van der Waals surface area contributed by atoms with Crippen molar-refractivity contribution in [2.75, 3.05) is 13.1 Å². The number of halogens is 2. The molecule has 1 aromatic carbocycles. The highest BCUT2D eigenvalue weighted by Crippen LogP contribution is 2.28. The number of nitrogens with zero attached hydrogens (tertiary/aromatic N) is 1. The molecule has 1 aromatic rings. The summed E-state index contributed by atoms with van der Waals surface area (Å²) >= 11 is 5.84. The molecule has 1 saturated heterocycles. The molecule has 0 aromatic heterocycles. The Bertz CT molecular complexity index is 414. The first kappa shape index (κ1) is 13.8. The van der Waals surface area contributed by atoms with Crippen molar-refractivity contribution < 1.29 is 4.39 Å². The van der Waals surface area contributed by atoms with Crippen LogP contribution in [0.4, 0.5) is 4.39 Å². The quantitative estimate of drug-likeness (QED) is 0.894. The maximum atomic E-state index is 13.2. The van der Waals surface area contributed by atoms with E-state index in [1.54, 1.807) is 12.1 Å². The molecule has 0 spiro atoms. The van der Waals surface area contributed by atoms with Crippen LogP contribution < -0.4 is 5.73 Å². The summed E-state index contributed by atoms with van der Waals surface area (Å²) in [5.41, 5.74) is 7.10. The molecule has 3 unspecified atom stereocenters. The molecule has 1 fully saturated rings. The molecule has 4 heteroatoms. The van der Waals surface area contributed by atoms with E-state index in [2.05, 4.69) is 18.7 Å². The van der Waals surface area contributed by atoms with Crippen LogP contribution in [0.2, 0.25) is 5.02 Å². The largest absolute Gasteiger partial charge is 0.327 e. The molecule has 2 N–H and O–H groups in total. The molecule has 0 aliphatic carbocycles. The topological polar surface area (TPSA) is 29.3 Å². The molecule has 0 amide bonds. The van der Waals surface area contributed by atoms with Gasteiger partial charge >= 0.3 is 0 Å². The third-order valence-corrected chi connectivity index (χ3v) is 3.98. The molecule has 1 heterocycles. The van der Waals surface area contributed by atoms with E-state index in [1.807, 2.05) is 0 Å². The van der Waals surface area contributed by atoms with E-state index >= 15 is 0 Å². The van der Waals surface area contributed by atoms with E-state index in [-0.39, 0.29) is 22.9 Å². The van der Waals surface area contributed by atoms with Crippen molar-refractivity contribution in [3.8, 4) is 0 Å². The van der Waals surface area contributed by atoms with Gasteiger partial charge in [0.25, 0.3) is 0 Å². The van der Waals surface area contributed by atoms with Crippen molar-refractivity contribution >= 4 is 11.6 Å². The Kier molecular flexibility index (Phi) is 4.25. The van der Waals surface area contributed by atoms with Crippen molar-refractivity contribution in [2.45, 2.75) is 32.4 Å². The highest BCUT2D eigenvalue weighted by molar-refractivity contribution is 6.30. The average molecular weight is 271 g/mol. The molecule has 0 bridgehead atoms. The van der Waals surface area contributed by atoms with Gasteiger partial charge in [-0.1, -0.05) is 24.6 Å². The number of nitrogens with two attached hydrogens (primary N) is 1. The van der Waals surface area contributed by atoms with Crippen LogP contribution in [-0.4, -0.2) is 24.0 Å².